The van der Waals surface area contributed by atoms with E-state index in [-0.39, 0.29) is 6.04 Å². The fraction of sp³-hybridized carbons (Fsp3) is 0.0233. The Hall–Kier alpha value is -6.22. The van der Waals surface area contributed by atoms with Crippen LogP contribution in [0.4, 0.5) is 5.69 Å². The third-order valence-corrected chi connectivity index (χ3v) is 10.9. The number of para-hydroxylation sites is 1. The molecule has 4 nitrogen and oxygen atoms in total. The predicted molar refractivity (Wildman–Crippen MR) is 200 cm³/mol. The van der Waals surface area contributed by atoms with Crippen molar-refractivity contribution in [2.24, 2.45) is 4.99 Å². The van der Waals surface area contributed by atoms with Crippen molar-refractivity contribution >= 4 is 76.3 Å². The number of aromatic nitrogens is 1. The molecule has 1 aliphatic rings. The molecule has 224 valence electrons. The summed E-state index contributed by atoms with van der Waals surface area (Å²) in [4.78, 5) is 6.38. The number of aliphatic imine (C=N–C) groups is 1. The van der Waals surface area contributed by atoms with Crippen LogP contribution in [-0.4, -0.2) is 10.4 Å². The van der Waals surface area contributed by atoms with Crippen molar-refractivity contribution in [1.29, 1.82) is 5.26 Å². The fourth-order valence-electron chi connectivity index (χ4n) is 7.36. The van der Waals surface area contributed by atoms with E-state index in [2.05, 4.69) is 162 Å². The smallest absolute Gasteiger partial charge is 0.134 e. The summed E-state index contributed by atoms with van der Waals surface area (Å²) < 4.78 is 3.45. The van der Waals surface area contributed by atoms with Gasteiger partial charge >= 0.3 is 0 Å². The largest absolute Gasteiger partial charge is 0.358 e. The Balaban J connectivity index is 1.16. The van der Waals surface area contributed by atoms with Gasteiger partial charge in [0.15, 0.2) is 0 Å². The van der Waals surface area contributed by atoms with E-state index in [0.717, 1.165) is 49.6 Å². The third kappa shape index (κ3) is 4.03. The van der Waals surface area contributed by atoms with Crippen LogP contribution >= 0.6 is 11.3 Å². The maximum Gasteiger partial charge on any atom is 0.134 e. The lowest BCUT2D eigenvalue weighted by molar-refractivity contribution is 0.765. The van der Waals surface area contributed by atoms with Gasteiger partial charge in [-0.2, -0.15) is 5.26 Å². The Kier molecular flexibility index (Phi) is 5.84. The molecule has 0 radical (unpaired) electrons. The minimum atomic E-state index is -0.167. The van der Waals surface area contributed by atoms with Crippen LogP contribution in [0.2, 0.25) is 0 Å². The first-order valence-corrected chi connectivity index (χ1v) is 16.9. The summed E-state index contributed by atoms with van der Waals surface area (Å²) in [5, 5.41) is 22.7. The number of hydrogen-bond donors (Lipinski definition) is 1. The second-order valence-corrected chi connectivity index (χ2v) is 13.5. The van der Waals surface area contributed by atoms with Gasteiger partial charge in [-0.25, -0.2) is 4.99 Å². The van der Waals surface area contributed by atoms with Gasteiger partial charge in [-0.05, 0) is 69.6 Å². The van der Waals surface area contributed by atoms with Crippen molar-refractivity contribution < 1.29 is 0 Å². The molecule has 1 unspecified atom stereocenters. The highest BCUT2D eigenvalue weighted by molar-refractivity contribution is 7.19. The standard InChI is InChI=1S/C43H26N4S/c44-25-32-22-30(19-20-36(32)47-37-15-7-5-13-33(37)35-23-28-11-3-4-12-29(28)24-38(35)47)40-42-41(34-14-6-8-16-39(34)48-42)46-43(45-40)31-18-17-26-9-1-2-10-27(26)21-31/h1-24,40H,(H,45,46). The highest BCUT2D eigenvalue weighted by Gasteiger charge is 2.29. The molecular weight excluding hydrogens is 605 g/mol. The number of amidine groups is 1. The number of nitrogens with zero attached hydrogens (tertiary/aromatic N) is 3. The van der Waals surface area contributed by atoms with Gasteiger partial charge in [0.2, 0.25) is 0 Å². The number of nitriles is 1. The van der Waals surface area contributed by atoms with Crippen LogP contribution in [0.1, 0.15) is 27.6 Å². The van der Waals surface area contributed by atoms with Crippen molar-refractivity contribution in [3.05, 3.63) is 167 Å². The molecule has 0 saturated carbocycles. The van der Waals surface area contributed by atoms with E-state index in [4.69, 9.17) is 4.99 Å². The number of nitrogens with one attached hydrogen (secondary N) is 1. The normalized spacial score (nSPS) is 14.3. The summed E-state index contributed by atoms with van der Waals surface area (Å²) in [5.41, 5.74) is 6.74. The molecule has 9 aromatic rings. The number of fused-ring (bicyclic) bond motifs is 8. The minimum absolute atomic E-state index is 0.167. The maximum atomic E-state index is 10.7. The topological polar surface area (TPSA) is 53.1 Å². The molecule has 2 aromatic heterocycles. The van der Waals surface area contributed by atoms with E-state index in [1.807, 2.05) is 0 Å². The maximum absolute atomic E-state index is 10.7. The Labute approximate surface area is 280 Å². The molecule has 0 fully saturated rings. The van der Waals surface area contributed by atoms with E-state index in [9.17, 15) is 5.26 Å². The van der Waals surface area contributed by atoms with Gasteiger partial charge in [-0.15, -0.1) is 11.3 Å². The van der Waals surface area contributed by atoms with E-state index < -0.39 is 0 Å². The zero-order valence-electron chi connectivity index (χ0n) is 25.7. The van der Waals surface area contributed by atoms with Crippen LogP contribution < -0.4 is 5.32 Å². The molecule has 10 rings (SSSR count). The van der Waals surface area contributed by atoms with E-state index >= 15 is 0 Å². The Bertz CT molecular complexity index is 2850. The predicted octanol–water partition coefficient (Wildman–Crippen LogP) is 10.9. The van der Waals surface area contributed by atoms with Gasteiger partial charge in [-0.3, -0.25) is 0 Å². The number of hydrogen-bond acceptors (Lipinski definition) is 4. The second kappa shape index (κ2) is 10.4. The summed E-state index contributed by atoms with van der Waals surface area (Å²) in [7, 11) is 0. The highest BCUT2D eigenvalue weighted by atomic mass is 32.1. The van der Waals surface area contributed by atoms with Crippen molar-refractivity contribution in [3.63, 3.8) is 0 Å². The van der Waals surface area contributed by atoms with Gasteiger partial charge in [0.1, 0.15) is 11.9 Å². The van der Waals surface area contributed by atoms with E-state index in [0.29, 0.717) is 5.56 Å². The van der Waals surface area contributed by atoms with Gasteiger partial charge in [0.05, 0.1) is 38.9 Å². The first-order valence-electron chi connectivity index (χ1n) is 16.1. The Morgan fingerprint density at radius 3 is 2.17 bits per heavy atom. The molecular formula is C43H26N4S. The molecule has 5 heteroatoms. The van der Waals surface area contributed by atoms with Crippen LogP contribution in [-0.2, 0) is 0 Å². The molecule has 1 aliphatic heterocycles. The van der Waals surface area contributed by atoms with Crippen LogP contribution in [0.15, 0.2) is 151 Å². The van der Waals surface area contributed by atoms with Crippen LogP contribution in [0.3, 0.4) is 0 Å². The SMILES string of the molecule is N#Cc1cc(C2NC(c3ccc4ccccc4c3)=Nc3c2sc2ccccc32)ccc1-n1c2ccccc2c2cc3ccccc3cc21. The molecule has 0 saturated heterocycles. The molecule has 3 heterocycles. The summed E-state index contributed by atoms with van der Waals surface area (Å²) in [5.74, 6) is 0.832. The molecule has 0 amide bonds. The van der Waals surface area contributed by atoms with Crippen molar-refractivity contribution in [2.45, 2.75) is 6.04 Å². The van der Waals surface area contributed by atoms with Gasteiger partial charge in [0.25, 0.3) is 0 Å². The second-order valence-electron chi connectivity index (χ2n) is 12.4. The van der Waals surface area contributed by atoms with Crippen LogP contribution in [0.5, 0.6) is 0 Å². The summed E-state index contributed by atoms with van der Waals surface area (Å²) in [6, 6.07) is 53.6. The molecule has 0 spiro atoms. The lowest BCUT2D eigenvalue weighted by atomic mass is 9.97. The molecule has 0 aliphatic carbocycles. The van der Waals surface area contributed by atoms with Crippen molar-refractivity contribution in [1.82, 2.24) is 9.88 Å². The average molecular weight is 631 g/mol. The average Bonchev–Trinajstić information content (AvgIpc) is 3.68. The number of benzene rings is 7. The first kappa shape index (κ1) is 26.9. The van der Waals surface area contributed by atoms with E-state index in [1.54, 1.807) is 11.3 Å². The Morgan fingerprint density at radius 2 is 1.33 bits per heavy atom. The van der Waals surface area contributed by atoms with Crippen molar-refractivity contribution in [2.75, 3.05) is 0 Å². The molecule has 1 atom stereocenters. The molecule has 7 aromatic carbocycles. The zero-order chi connectivity index (χ0) is 31.8. The quantitative estimate of drug-likeness (QED) is 0.211. The van der Waals surface area contributed by atoms with Crippen LogP contribution in [0.25, 0.3) is 59.1 Å². The van der Waals surface area contributed by atoms with Gasteiger partial charge in [0, 0.05) is 26.4 Å². The van der Waals surface area contributed by atoms with Crippen LogP contribution in [0, 0.1) is 11.3 Å². The summed E-state index contributed by atoms with van der Waals surface area (Å²) >= 11 is 1.76. The molecule has 1 N–H and O–H groups in total. The van der Waals surface area contributed by atoms with Gasteiger partial charge < -0.3 is 9.88 Å². The summed E-state index contributed by atoms with van der Waals surface area (Å²) in [6.45, 7) is 0. The number of thiophene rings is 1. The third-order valence-electron chi connectivity index (χ3n) is 9.64. The van der Waals surface area contributed by atoms with Crippen molar-refractivity contribution in [3.8, 4) is 11.8 Å². The monoisotopic (exact) mass is 630 g/mol. The zero-order valence-corrected chi connectivity index (χ0v) is 26.5. The lowest BCUT2D eigenvalue weighted by Crippen LogP contribution is -2.32. The number of rotatable bonds is 3. The first-order chi connectivity index (χ1) is 23.7. The molecule has 0 bridgehead atoms. The minimum Gasteiger partial charge on any atom is -0.358 e. The highest BCUT2D eigenvalue weighted by Crippen LogP contribution is 2.46. The molecule has 48 heavy (non-hydrogen) atoms. The Morgan fingerprint density at radius 1 is 0.625 bits per heavy atom. The lowest BCUT2D eigenvalue weighted by Gasteiger charge is -2.26. The van der Waals surface area contributed by atoms with Gasteiger partial charge in [-0.1, -0.05) is 103 Å². The fourth-order valence-corrected chi connectivity index (χ4v) is 8.58. The van der Waals surface area contributed by atoms with E-state index in [1.165, 1.54) is 37.0 Å². The summed E-state index contributed by atoms with van der Waals surface area (Å²) in [6.07, 6.45) is 0.